The third-order valence-corrected chi connectivity index (χ3v) is 3.58. The molecule has 0 fully saturated rings. The molecule has 2 rings (SSSR count). The summed E-state index contributed by atoms with van der Waals surface area (Å²) in [6.45, 7) is 3.80. The van der Waals surface area contributed by atoms with E-state index in [0.29, 0.717) is 15.7 Å². The molecule has 0 saturated heterocycles. The van der Waals surface area contributed by atoms with Crippen LogP contribution in [0.2, 0.25) is 10.0 Å². The van der Waals surface area contributed by atoms with Crippen molar-refractivity contribution in [2.24, 2.45) is 0 Å². The van der Waals surface area contributed by atoms with Gasteiger partial charge in [-0.3, -0.25) is 4.79 Å². The summed E-state index contributed by atoms with van der Waals surface area (Å²) in [4.78, 5) is 12.2. The van der Waals surface area contributed by atoms with Crippen molar-refractivity contribution in [2.45, 2.75) is 19.9 Å². The molecule has 2 aromatic rings. The van der Waals surface area contributed by atoms with Gasteiger partial charge in [0.05, 0.1) is 10.7 Å². The van der Waals surface area contributed by atoms with Gasteiger partial charge < -0.3 is 10.6 Å². The number of amides is 1. The lowest BCUT2D eigenvalue weighted by Gasteiger charge is -2.16. The van der Waals surface area contributed by atoms with Gasteiger partial charge in [-0.2, -0.15) is 0 Å². The summed E-state index contributed by atoms with van der Waals surface area (Å²) >= 11 is 11.9. The molecule has 110 valence electrons. The fourth-order valence-electron chi connectivity index (χ4n) is 1.80. The van der Waals surface area contributed by atoms with Gasteiger partial charge in [-0.25, -0.2) is 0 Å². The average Bonchev–Trinajstić information content (AvgIpc) is 2.45. The maximum absolute atomic E-state index is 12.2. The van der Waals surface area contributed by atoms with Gasteiger partial charge in [-0.1, -0.05) is 40.9 Å². The van der Waals surface area contributed by atoms with E-state index in [4.69, 9.17) is 23.2 Å². The maximum atomic E-state index is 12.2. The van der Waals surface area contributed by atoms with Gasteiger partial charge in [-0.05, 0) is 44.2 Å². The van der Waals surface area contributed by atoms with E-state index in [0.717, 1.165) is 5.69 Å². The number of carbonyl (C=O) groups is 1. The van der Waals surface area contributed by atoms with Crippen molar-refractivity contribution in [1.82, 2.24) is 0 Å². The fourth-order valence-corrected chi connectivity index (χ4v) is 2.14. The molecule has 0 spiro atoms. The van der Waals surface area contributed by atoms with Gasteiger partial charge in [0.25, 0.3) is 0 Å². The predicted molar refractivity (Wildman–Crippen MR) is 89.4 cm³/mol. The molecule has 0 bridgehead atoms. The molecular weight excluding hydrogens is 307 g/mol. The molecule has 0 aliphatic carbocycles. The zero-order valence-electron chi connectivity index (χ0n) is 11.8. The standard InChI is InChI=1S/C16H16Cl2N2O/c1-10-3-6-13(7-4-10)19-11(2)16(21)20-15-9-12(17)5-8-14(15)18/h3-9,11,19H,1-2H3,(H,20,21)/t11-/m0/s1. The van der Waals surface area contributed by atoms with Crippen molar-refractivity contribution in [3.05, 3.63) is 58.1 Å². The number of anilines is 2. The number of hydrogen-bond donors (Lipinski definition) is 2. The number of halogens is 2. The van der Waals surface area contributed by atoms with E-state index in [9.17, 15) is 4.79 Å². The molecule has 21 heavy (non-hydrogen) atoms. The van der Waals surface area contributed by atoms with Crippen LogP contribution in [0.4, 0.5) is 11.4 Å². The van der Waals surface area contributed by atoms with Gasteiger partial charge in [0.15, 0.2) is 0 Å². The molecule has 5 heteroatoms. The Morgan fingerprint density at radius 1 is 1.10 bits per heavy atom. The first-order chi connectivity index (χ1) is 9.95. The van der Waals surface area contributed by atoms with Crippen LogP contribution < -0.4 is 10.6 Å². The Morgan fingerprint density at radius 2 is 1.76 bits per heavy atom. The van der Waals surface area contributed by atoms with E-state index in [-0.39, 0.29) is 5.91 Å². The zero-order valence-corrected chi connectivity index (χ0v) is 13.3. The molecule has 0 aliphatic rings. The Kier molecular flexibility index (Phi) is 5.10. The largest absolute Gasteiger partial charge is 0.374 e. The van der Waals surface area contributed by atoms with Crippen molar-refractivity contribution < 1.29 is 4.79 Å². The molecule has 0 unspecified atom stereocenters. The maximum Gasteiger partial charge on any atom is 0.246 e. The third-order valence-electron chi connectivity index (χ3n) is 3.01. The SMILES string of the molecule is Cc1ccc(N[C@@H](C)C(=O)Nc2cc(Cl)ccc2Cl)cc1. The van der Waals surface area contributed by atoms with Crippen molar-refractivity contribution in [3.8, 4) is 0 Å². The van der Waals surface area contributed by atoms with Crippen LogP contribution in [0, 0.1) is 6.92 Å². The second kappa shape index (κ2) is 6.83. The number of carbonyl (C=O) groups excluding carboxylic acids is 1. The highest BCUT2D eigenvalue weighted by molar-refractivity contribution is 6.35. The summed E-state index contributed by atoms with van der Waals surface area (Å²) in [5.74, 6) is -0.181. The van der Waals surface area contributed by atoms with Crippen LogP contribution in [0.1, 0.15) is 12.5 Å². The first-order valence-corrected chi connectivity index (χ1v) is 7.30. The van der Waals surface area contributed by atoms with Crippen LogP contribution in [-0.2, 0) is 4.79 Å². The Labute approximate surface area is 134 Å². The van der Waals surface area contributed by atoms with Crippen LogP contribution in [0.3, 0.4) is 0 Å². The second-order valence-corrected chi connectivity index (χ2v) is 5.69. The molecule has 0 aromatic heterocycles. The van der Waals surface area contributed by atoms with E-state index in [1.165, 1.54) is 5.56 Å². The lowest BCUT2D eigenvalue weighted by molar-refractivity contribution is -0.116. The Hall–Kier alpha value is -1.71. The van der Waals surface area contributed by atoms with Gasteiger partial charge >= 0.3 is 0 Å². The highest BCUT2D eigenvalue weighted by Gasteiger charge is 2.14. The topological polar surface area (TPSA) is 41.1 Å². The smallest absolute Gasteiger partial charge is 0.246 e. The lowest BCUT2D eigenvalue weighted by atomic mass is 10.2. The highest BCUT2D eigenvalue weighted by Crippen LogP contribution is 2.25. The predicted octanol–water partition coefficient (Wildman–Crippen LogP) is 4.74. The monoisotopic (exact) mass is 322 g/mol. The molecule has 2 N–H and O–H groups in total. The summed E-state index contributed by atoms with van der Waals surface area (Å²) in [5.41, 5.74) is 2.57. The van der Waals surface area contributed by atoms with Crippen molar-refractivity contribution >= 4 is 40.5 Å². The summed E-state index contributed by atoms with van der Waals surface area (Å²) < 4.78 is 0. The van der Waals surface area contributed by atoms with Crippen LogP contribution in [0.15, 0.2) is 42.5 Å². The van der Waals surface area contributed by atoms with E-state index in [1.807, 2.05) is 31.2 Å². The summed E-state index contributed by atoms with van der Waals surface area (Å²) in [6, 6.07) is 12.4. The minimum atomic E-state index is -0.400. The fraction of sp³-hybridized carbons (Fsp3) is 0.188. The number of hydrogen-bond acceptors (Lipinski definition) is 2. The first-order valence-electron chi connectivity index (χ1n) is 6.55. The molecule has 3 nitrogen and oxygen atoms in total. The summed E-state index contributed by atoms with van der Waals surface area (Å²) in [7, 11) is 0. The number of benzene rings is 2. The van der Waals surface area contributed by atoms with Crippen LogP contribution in [0.5, 0.6) is 0 Å². The second-order valence-electron chi connectivity index (χ2n) is 4.85. The van der Waals surface area contributed by atoms with E-state index in [1.54, 1.807) is 25.1 Å². The minimum Gasteiger partial charge on any atom is -0.374 e. The van der Waals surface area contributed by atoms with Crippen LogP contribution in [-0.4, -0.2) is 11.9 Å². The van der Waals surface area contributed by atoms with E-state index < -0.39 is 6.04 Å². The van der Waals surface area contributed by atoms with Crippen LogP contribution >= 0.6 is 23.2 Å². The molecule has 0 saturated carbocycles. The van der Waals surface area contributed by atoms with E-state index >= 15 is 0 Å². The molecule has 0 radical (unpaired) electrons. The van der Waals surface area contributed by atoms with Crippen molar-refractivity contribution in [3.63, 3.8) is 0 Å². The number of nitrogens with one attached hydrogen (secondary N) is 2. The quantitative estimate of drug-likeness (QED) is 0.853. The third kappa shape index (κ3) is 4.38. The highest BCUT2D eigenvalue weighted by atomic mass is 35.5. The first kappa shape index (κ1) is 15.7. The Balaban J connectivity index is 2.02. The van der Waals surface area contributed by atoms with E-state index in [2.05, 4.69) is 10.6 Å². The average molecular weight is 323 g/mol. The summed E-state index contributed by atoms with van der Waals surface area (Å²) in [6.07, 6.45) is 0. The molecule has 1 atom stereocenters. The summed E-state index contributed by atoms with van der Waals surface area (Å²) in [5, 5.41) is 6.88. The molecular formula is C16H16Cl2N2O. The number of rotatable bonds is 4. The lowest BCUT2D eigenvalue weighted by Crippen LogP contribution is -2.31. The zero-order chi connectivity index (χ0) is 15.4. The molecule has 1 amide bonds. The number of aryl methyl sites for hydroxylation is 1. The van der Waals surface area contributed by atoms with Crippen molar-refractivity contribution in [1.29, 1.82) is 0 Å². The minimum absolute atomic E-state index is 0.181. The Bertz CT molecular complexity index is 641. The molecule has 2 aromatic carbocycles. The van der Waals surface area contributed by atoms with Gasteiger partial charge in [0, 0.05) is 10.7 Å². The normalized spacial score (nSPS) is 11.8. The Morgan fingerprint density at radius 3 is 2.43 bits per heavy atom. The molecule has 0 heterocycles. The van der Waals surface area contributed by atoms with Gasteiger partial charge in [0.2, 0.25) is 5.91 Å². The van der Waals surface area contributed by atoms with Crippen molar-refractivity contribution in [2.75, 3.05) is 10.6 Å². The van der Waals surface area contributed by atoms with Crippen LogP contribution in [0.25, 0.3) is 0 Å². The van der Waals surface area contributed by atoms with Gasteiger partial charge in [0.1, 0.15) is 6.04 Å². The van der Waals surface area contributed by atoms with Gasteiger partial charge in [-0.15, -0.1) is 0 Å². The molecule has 0 aliphatic heterocycles.